The number of rotatable bonds is 4. The molecule has 0 aromatic carbocycles. The van der Waals surface area contributed by atoms with Crippen molar-refractivity contribution in [2.75, 3.05) is 19.6 Å². The maximum absolute atomic E-state index is 12.4. The predicted molar refractivity (Wildman–Crippen MR) is 76.1 cm³/mol. The van der Waals surface area contributed by atoms with E-state index >= 15 is 0 Å². The fraction of sp³-hybridized carbons (Fsp3) is 0.583. The summed E-state index contributed by atoms with van der Waals surface area (Å²) >= 11 is 2.21. The van der Waals surface area contributed by atoms with Crippen molar-refractivity contribution >= 4 is 28.5 Å². The molecule has 4 nitrogen and oxygen atoms in total. The van der Waals surface area contributed by atoms with E-state index in [-0.39, 0.29) is 5.91 Å². The zero-order valence-corrected chi connectivity index (χ0v) is 12.2. The van der Waals surface area contributed by atoms with Gasteiger partial charge in [-0.15, -0.1) is 0 Å². The molecule has 1 aliphatic rings. The summed E-state index contributed by atoms with van der Waals surface area (Å²) in [5.74, 6) is 0.128. The van der Waals surface area contributed by atoms with Crippen molar-refractivity contribution < 1.29 is 4.79 Å². The predicted octanol–water partition coefficient (Wildman–Crippen LogP) is 1.83. The lowest BCUT2D eigenvalue weighted by atomic mass is 10.2. The molecule has 2 N–H and O–H groups in total. The van der Waals surface area contributed by atoms with Crippen molar-refractivity contribution in [3.05, 3.63) is 21.5 Å². The average Bonchev–Trinajstić information content (AvgIpc) is 2.95. The molecule has 0 spiro atoms. The number of hydrogen-bond acceptors (Lipinski definition) is 2. The average molecular weight is 347 g/mol. The lowest BCUT2D eigenvalue weighted by Crippen LogP contribution is -2.42. The van der Waals surface area contributed by atoms with Crippen LogP contribution in [0, 0.1) is 3.57 Å². The molecule has 1 amide bonds. The summed E-state index contributed by atoms with van der Waals surface area (Å²) in [5, 5.41) is 3.32. The monoisotopic (exact) mass is 347 g/mol. The number of aromatic nitrogens is 1. The van der Waals surface area contributed by atoms with Gasteiger partial charge < -0.3 is 15.2 Å². The molecule has 0 aliphatic carbocycles. The van der Waals surface area contributed by atoms with E-state index in [0.29, 0.717) is 11.7 Å². The van der Waals surface area contributed by atoms with Gasteiger partial charge in [-0.05, 0) is 48.0 Å². The highest BCUT2D eigenvalue weighted by molar-refractivity contribution is 14.1. The van der Waals surface area contributed by atoms with Gasteiger partial charge in [-0.2, -0.15) is 0 Å². The Kier molecular flexibility index (Phi) is 4.44. The van der Waals surface area contributed by atoms with Crippen molar-refractivity contribution in [2.45, 2.75) is 25.8 Å². The number of carbonyl (C=O) groups excluding carboxylic acids is 1. The number of hydrogen-bond donors (Lipinski definition) is 2. The maximum atomic E-state index is 12.4. The number of H-pyrrole nitrogens is 1. The third kappa shape index (κ3) is 3.01. The number of nitrogens with one attached hydrogen (secondary N) is 2. The van der Waals surface area contributed by atoms with Crippen LogP contribution >= 0.6 is 22.6 Å². The van der Waals surface area contributed by atoms with Gasteiger partial charge in [0.25, 0.3) is 5.91 Å². The second kappa shape index (κ2) is 5.86. The Labute approximate surface area is 115 Å². The van der Waals surface area contributed by atoms with Crippen LogP contribution in [0.3, 0.4) is 0 Å². The van der Waals surface area contributed by atoms with Crippen LogP contribution in [0.2, 0.25) is 0 Å². The van der Waals surface area contributed by atoms with Crippen molar-refractivity contribution in [1.82, 2.24) is 15.2 Å². The summed E-state index contributed by atoms with van der Waals surface area (Å²) in [6.45, 7) is 4.88. The van der Waals surface area contributed by atoms with E-state index in [9.17, 15) is 4.79 Å². The van der Waals surface area contributed by atoms with Gasteiger partial charge in [-0.25, -0.2) is 0 Å². The molecule has 17 heavy (non-hydrogen) atoms. The molecule has 0 saturated carbocycles. The van der Waals surface area contributed by atoms with Crippen LogP contribution in [-0.2, 0) is 0 Å². The highest BCUT2D eigenvalue weighted by Gasteiger charge is 2.27. The minimum atomic E-state index is 0.128. The largest absolute Gasteiger partial charge is 0.356 e. The molecule has 1 unspecified atom stereocenters. The fourth-order valence-electron chi connectivity index (χ4n) is 2.24. The molecule has 1 aromatic rings. The topological polar surface area (TPSA) is 48.1 Å². The first-order chi connectivity index (χ1) is 8.22. The van der Waals surface area contributed by atoms with E-state index in [1.165, 1.54) is 0 Å². The van der Waals surface area contributed by atoms with Crippen molar-refractivity contribution in [1.29, 1.82) is 0 Å². The summed E-state index contributed by atoms with van der Waals surface area (Å²) < 4.78 is 1.08. The Morgan fingerprint density at radius 2 is 2.47 bits per heavy atom. The van der Waals surface area contributed by atoms with Crippen molar-refractivity contribution in [3.8, 4) is 0 Å². The molecule has 1 fully saturated rings. The lowest BCUT2D eigenvalue weighted by Gasteiger charge is -2.27. The smallest absolute Gasteiger partial charge is 0.270 e. The second-order valence-electron chi connectivity index (χ2n) is 4.38. The molecule has 5 heteroatoms. The van der Waals surface area contributed by atoms with Crippen molar-refractivity contribution in [2.24, 2.45) is 0 Å². The number of nitrogens with zero attached hydrogens (tertiary/aromatic N) is 1. The summed E-state index contributed by atoms with van der Waals surface area (Å²) in [5.41, 5.74) is 0.703. The quantitative estimate of drug-likeness (QED) is 0.817. The van der Waals surface area contributed by atoms with Gasteiger partial charge in [-0.3, -0.25) is 4.79 Å². The molecule has 1 saturated heterocycles. The Balaban J connectivity index is 2.12. The molecule has 1 atom stereocenters. The standard InChI is InChI=1S/C12H18IN3O/c1-2-5-16(10-3-4-14-8-10)12(17)11-6-9(13)7-15-11/h6-7,10,14-15H,2-5,8H2,1H3. The SMILES string of the molecule is CCCN(C(=O)c1cc(I)c[nH]1)C1CCNC1. The maximum Gasteiger partial charge on any atom is 0.270 e. The molecule has 94 valence electrons. The van der Waals surface area contributed by atoms with E-state index in [0.717, 1.165) is 36.0 Å². The summed E-state index contributed by atoms with van der Waals surface area (Å²) in [4.78, 5) is 17.4. The van der Waals surface area contributed by atoms with Crippen LogP contribution in [0.4, 0.5) is 0 Å². The van der Waals surface area contributed by atoms with E-state index in [1.807, 2.05) is 17.2 Å². The van der Waals surface area contributed by atoms with Crippen molar-refractivity contribution in [3.63, 3.8) is 0 Å². The summed E-state index contributed by atoms with van der Waals surface area (Å²) in [7, 11) is 0. The van der Waals surface area contributed by atoms with Crippen LogP contribution in [0.5, 0.6) is 0 Å². The molecular weight excluding hydrogens is 329 g/mol. The minimum absolute atomic E-state index is 0.128. The first-order valence-electron chi connectivity index (χ1n) is 6.08. The molecule has 2 heterocycles. The van der Waals surface area contributed by atoms with Crippen LogP contribution in [0.15, 0.2) is 12.3 Å². The van der Waals surface area contributed by atoms with Gasteiger partial charge in [0.2, 0.25) is 0 Å². The first-order valence-corrected chi connectivity index (χ1v) is 7.16. The molecule has 0 bridgehead atoms. The van der Waals surface area contributed by atoms with Gasteiger partial charge in [0.1, 0.15) is 5.69 Å². The Morgan fingerprint density at radius 3 is 3.00 bits per heavy atom. The highest BCUT2D eigenvalue weighted by atomic mass is 127. The minimum Gasteiger partial charge on any atom is -0.356 e. The number of carbonyl (C=O) groups is 1. The Morgan fingerprint density at radius 1 is 1.65 bits per heavy atom. The van der Waals surface area contributed by atoms with Gasteiger partial charge in [0.05, 0.1) is 0 Å². The molecule has 2 rings (SSSR count). The normalized spacial score (nSPS) is 19.5. The molecule has 0 radical (unpaired) electrons. The number of halogens is 1. The van der Waals surface area contributed by atoms with Gasteiger partial charge >= 0.3 is 0 Å². The Hall–Kier alpha value is -0.560. The van der Waals surface area contributed by atoms with Crippen LogP contribution < -0.4 is 5.32 Å². The molecule has 1 aromatic heterocycles. The summed E-state index contributed by atoms with van der Waals surface area (Å²) in [6.07, 6.45) is 3.92. The van der Waals surface area contributed by atoms with Crippen LogP contribution in [0.1, 0.15) is 30.3 Å². The zero-order valence-electron chi connectivity index (χ0n) is 10.0. The second-order valence-corrected chi connectivity index (χ2v) is 5.62. The van der Waals surface area contributed by atoms with Gasteiger partial charge in [-0.1, -0.05) is 6.92 Å². The van der Waals surface area contributed by atoms with Gasteiger partial charge in [0.15, 0.2) is 0 Å². The first kappa shape index (κ1) is 12.9. The van der Waals surface area contributed by atoms with Gasteiger partial charge in [0, 0.05) is 28.9 Å². The van der Waals surface area contributed by atoms with Crippen LogP contribution in [-0.4, -0.2) is 41.5 Å². The highest BCUT2D eigenvalue weighted by Crippen LogP contribution is 2.15. The number of aromatic amines is 1. The molecule has 1 aliphatic heterocycles. The van der Waals surface area contributed by atoms with E-state index in [4.69, 9.17) is 0 Å². The third-order valence-corrected chi connectivity index (χ3v) is 3.70. The number of amides is 1. The van der Waals surface area contributed by atoms with E-state index in [1.54, 1.807) is 0 Å². The van der Waals surface area contributed by atoms with E-state index in [2.05, 4.69) is 39.8 Å². The van der Waals surface area contributed by atoms with E-state index < -0.39 is 0 Å². The Bertz CT molecular complexity index is 385. The third-order valence-electron chi connectivity index (χ3n) is 3.08. The fourth-order valence-corrected chi connectivity index (χ4v) is 2.71. The molecular formula is C12H18IN3O. The van der Waals surface area contributed by atoms with Crippen LogP contribution in [0.25, 0.3) is 0 Å². The zero-order chi connectivity index (χ0) is 12.3. The summed E-state index contributed by atoms with van der Waals surface area (Å²) in [6, 6.07) is 2.26. The lowest BCUT2D eigenvalue weighted by molar-refractivity contribution is 0.0687.